The van der Waals surface area contributed by atoms with Gasteiger partial charge in [0.05, 0.1) is 34.5 Å². The molecule has 6 heteroatoms. The van der Waals surface area contributed by atoms with Crippen LogP contribution in [0.25, 0.3) is 0 Å². The normalized spacial score (nSPS) is 16.5. The molecule has 1 saturated heterocycles. The maximum absolute atomic E-state index is 8.93. The lowest BCUT2D eigenvalue weighted by Gasteiger charge is -2.32. The minimum atomic E-state index is -0.360. The molecular weight excluding hydrogens is 415 g/mol. The van der Waals surface area contributed by atoms with Gasteiger partial charge in [0.25, 0.3) is 0 Å². The van der Waals surface area contributed by atoms with E-state index < -0.39 is 0 Å². The summed E-state index contributed by atoms with van der Waals surface area (Å²) < 4.78 is 13.0. The van der Waals surface area contributed by atoms with Gasteiger partial charge in [0.15, 0.2) is 0 Å². The van der Waals surface area contributed by atoms with Crippen molar-refractivity contribution in [1.82, 2.24) is 0 Å². The van der Waals surface area contributed by atoms with Crippen LogP contribution in [-0.4, -0.2) is 18.3 Å². The van der Waals surface area contributed by atoms with Gasteiger partial charge in [-0.2, -0.15) is 10.5 Å². The molecule has 1 aliphatic heterocycles. The number of halogens is 1. The van der Waals surface area contributed by atoms with E-state index in [1.165, 1.54) is 0 Å². The Balaban J connectivity index is 0.000000237. The molecule has 2 aromatic carbocycles. The summed E-state index contributed by atoms with van der Waals surface area (Å²) in [6.45, 7) is 12.0. The van der Waals surface area contributed by atoms with Crippen LogP contribution in [0.3, 0.4) is 0 Å². The van der Waals surface area contributed by atoms with E-state index in [2.05, 4.69) is 28.1 Å². The predicted octanol–water partition coefficient (Wildman–Crippen LogP) is 4.80. The van der Waals surface area contributed by atoms with Gasteiger partial charge < -0.3 is 9.31 Å². The molecule has 144 valence electrons. The van der Waals surface area contributed by atoms with Crippen molar-refractivity contribution in [3.8, 4) is 12.1 Å². The molecule has 0 unspecified atom stereocenters. The van der Waals surface area contributed by atoms with Crippen molar-refractivity contribution in [2.24, 2.45) is 0 Å². The molecule has 3 rings (SSSR count). The highest BCUT2D eigenvalue weighted by Gasteiger charge is 2.51. The van der Waals surface area contributed by atoms with Crippen molar-refractivity contribution in [3.05, 3.63) is 63.1 Å². The average Bonchev–Trinajstić information content (AvgIpc) is 2.83. The second kappa shape index (κ2) is 8.49. The molecule has 0 amide bonds. The quantitative estimate of drug-likeness (QED) is 0.600. The van der Waals surface area contributed by atoms with E-state index in [-0.39, 0.29) is 18.3 Å². The van der Waals surface area contributed by atoms with Gasteiger partial charge in [-0.05, 0) is 82.4 Å². The number of aryl methyl sites for hydroxylation is 2. The SMILES string of the molecule is Cc1cc(B2OC(C)(C)C(C)(C)O2)ccc1C#N.Cc1cc(Br)ccc1C#N. The molecule has 4 nitrogen and oxygen atoms in total. The van der Waals surface area contributed by atoms with E-state index in [0.717, 1.165) is 26.6 Å². The Bertz CT molecular complexity index is 942. The molecule has 0 bridgehead atoms. The van der Waals surface area contributed by atoms with Gasteiger partial charge in [0, 0.05) is 4.47 Å². The van der Waals surface area contributed by atoms with Crippen molar-refractivity contribution in [2.75, 3.05) is 0 Å². The van der Waals surface area contributed by atoms with Crippen LogP contribution in [0, 0.1) is 36.5 Å². The zero-order chi connectivity index (χ0) is 21.1. The molecule has 0 N–H and O–H groups in total. The van der Waals surface area contributed by atoms with Gasteiger partial charge in [0.1, 0.15) is 0 Å². The van der Waals surface area contributed by atoms with E-state index >= 15 is 0 Å². The predicted molar refractivity (Wildman–Crippen MR) is 115 cm³/mol. The molecule has 0 saturated carbocycles. The molecule has 0 radical (unpaired) electrons. The third-order valence-electron chi connectivity index (χ3n) is 5.21. The lowest BCUT2D eigenvalue weighted by molar-refractivity contribution is 0.00578. The minimum Gasteiger partial charge on any atom is -0.399 e. The van der Waals surface area contributed by atoms with Crippen LogP contribution in [0.2, 0.25) is 0 Å². The highest BCUT2D eigenvalue weighted by Crippen LogP contribution is 2.36. The van der Waals surface area contributed by atoms with Crippen LogP contribution in [-0.2, 0) is 9.31 Å². The first kappa shape index (κ1) is 22.2. The summed E-state index contributed by atoms with van der Waals surface area (Å²) in [6.07, 6.45) is 0. The van der Waals surface area contributed by atoms with E-state index in [1.54, 1.807) is 6.07 Å². The molecule has 0 aromatic heterocycles. The van der Waals surface area contributed by atoms with Gasteiger partial charge >= 0.3 is 7.12 Å². The Morgan fingerprint density at radius 2 is 1.29 bits per heavy atom. The van der Waals surface area contributed by atoms with E-state index in [9.17, 15) is 0 Å². The highest BCUT2D eigenvalue weighted by molar-refractivity contribution is 9.10. The lowest BCUT2D eigenvalue weighted by atomic mass is 9.78. The minimum absolute atomic E-state index is 0.334. The topological polar surface area (TPSA) is 66.0 Å². The number of rotatable bonds is 1. The maximum Gasteiger partial charge on any atom is 0.494 e. The largest absolute Gasteiger partial charge is 0.494 e. The van der Waals surface area contributed by atoms with Crippen LogP contribution < -0.4 is 5.46 Å². The Hall–Kier alpha value is -2.12. The van der Waals surface area contributed by atoms with Gasteiger partial charge in [-0.1, -0.05) is 28.1 Å². The average molecular weight is 439 g/mol. The molecule has 0 spiro atoms. The van der Waals surface area contributed by atoms with Crippen molar-refractivity contribution < 1.29 is 9.31 Å². The number of hydrogen-bond donors (Lipinski definition) is 0. The first-order valence-electron chi connectivity index (χ1n) is 9.03. The van der Waals surface area contributed by atoms with Crippen molar-refractivity contribution >= 4 is 28.5 Å². The fourth-order valence-corrected chi connectivity index (χ4v) is 3.17. The van der Waals surface area contributed by atoms with E-state index in [4.69, 9.17) is 19.8 Å². The van der Waals surface area contributed by atoms with Gasteiger partial charge in [-0.15, -0.1) is 0 Å². The smallest absolute Gasteiger partial charge is 0.399 e. The van der Waals surface area contributed by atoms with Crippen LogP contribution >= 0.6 is 15.9 Å². The summed E-state index contributed by atoms with van der Waals surface area (Å²) in [7, 11) is -0.360. The summed E-state index contributed by atoms with van der Waals surface area (Å²) >= 11 is 3.32. The van der Waals surface area contributed by atoms with E-state index in [0.29, 0.717) is 5.56 Å². The van der Waals surface area contributed by atoms with Gasteiger partial charge in [-0.3, -0.25) is 0 Å². The van der Waals surface area contributed by atoms with Gasteiger partial charge in [-0.25, -0.2) is 0 Å². The molecule has 1 aliphatic rings. The number of benzene rings is 2. The Kier molecular flexibility index (Phi) is 6.73. The molecule has 1 heterocycles. The van der Waals surface area contributed by atoms with Crippen molar-refractivity contribution in [3.63, 3.8) is 0 Å². The number of nitrogens with zero attached hydrogens (tertiary/aromatic N) is 2. The van der Waals surface area contributed by atoms with Crippen LogP contribution in [0.5, 0.6) is 0 Å². The Morgan fingerprint density at radius 1 is 0.821 bits per heavy atom. The zero-order valence-electron chi connectivity index (χ0n) is 17.1. The monoisotopic (exact) mass is 438 g/mol. The van der Waals surface area contributed by atoms with Crippen LogP contribution in [0.15, 0.2) is 40.9 Å². The molecule has 2 aromatic rings. The second-order valence-electron chi connectivity index (χ2n) is 7.85. The second-order valence-corrected chi connectivity index (χ2v) is 8.76. The molecule has 28 heavy (non-hydrogen) atoms. The van der Waals surface area contributed by atoms with Crippen LogP contribution in [0.1, 0.15) is 49.9 Å². The van der Waals surface area contributed by atoms with Crippen LogP contribution in [0.4, 0.5) is 0 Å². The fraction of sp³-hybridized carbons (Fsp3) is 0.364. The first-order valence-corrected chi connectivity index (χ1v) is 9.82. The third kappa shape index (κ3) is 4.83. The molecule has 0 atom stereocenters. The number of nitriles is 2. The summed E-state index contributed by atoms with van der Waals surface area (Å²) in [6, 6.07) is 15.5. The fourth-order valence-electron chi connectivity index (χ4n) is 2.69. The summed E-state index contributed by atoms with van der Waals surface area (Å²) in [4.78, 5) is 0. The molecule has 0 aliphatic carbocycles. The third-order valence-corrected chi connectivity index (χ3v) is 5.70. The highest BCUT2D eigenvalue weighted by atomic mass is 79.9. The first-order chi connectivity index (χ1) is 13.0. The Labute approximate surface area is 176 Å². The maximum atomic E-state index is 8.93. The zero-order valence-corrected chi connectivity index (χ0v) is 18.7. The summed E-state index contributed by atoms with van der Waals surface area (Å²) in [5, 5.41) is 17.5. The van der Waals surface area contributed by atoms with Crippen molar-refractivity contribution in [2.45, 2.75) is 52.7 Å². The van der Waals surface area contributed by atoms with Gasteiger partial charge in [0.2, 0.25) is 0 Å². The standard InChI is InChI=1S/C14H18BNO2.C8H6BrN/c1-10-8-12(7-6-11(10)9-16)15-17-13(2,3)14(4,5)18-15;1-6-4-8(9)3-2-7(6)5-10/h6-8H,1-5H3;2-4H,1H3. The van der Waals surface area contributed by atoms with E-state index in [1.807, 2.05) is 71.9 Å². The number of hydrogen-bond acceptors (Lipinski definition) is 4. The molecule has 1 fully saturated rings. The lowest BCUT2D eigenvalue weighted by Crippen LogP contribution is -2.41. The van der Waals surface area contributed by atoms with Crippen molar-refractivity contribution in [1.29, 1.82) is 10.5 Å². The Morgan fingerprint density at radius 3 is 1.71 bits per heavy atom. The summed E-state index contributed by atoms with van der Waals surface area (Å²) in [5.74, 6) is 0. The summed E-state index contributed by atoms with van der Waals surface area (Å²) in [5.41, 5.74) is 3.68. The molecular formula is C22H24BBrN2O2.